The molecule has 1 saturated carbocycles. The number of rotatable bonds is 5. The number of hydrogen-bond acceptors (Lipinski definition) is 3. The Morgan fingerprint density at radius 1 is 1.47 bits per heavy atom. The Bertz CT molecular complexity index is 246. The van der Waals surface area contributed by atoms with Gasteiger partial charge >= 0.3 is 0 Å². The molecule has 4 heteroatoms. The molecule has 0 bridgehead atoms. The van der Waals surface area contributed by atoms with Gasteiger partial charge in [-0.15, -0.1) is 0 Å². The quantitative estimate of drug-likeness (QED) is 0.763. The number of nitrogens with two attached hydrogens (primary N) is 1. The van der Waals surface area contributed by atoms with Gasteiger partial charge in [-0.3, -0.25) is 4.79 Å². The summed E-state index contributed by atoms with van der Waals surface area (Å²) in [5.41, 5.74) is 5.88. The molecule has 1 amide bonds. The SMILES string of the molecule is CCCC(N)CC(=O)N(C)C1CCCCC1O. The van der Waals surface area contributed by atoms with Crippen LogP contribution in [0.3, 0.4) is 0 Å². The van der Waals surface area contributed by atoms with Gasteiger partial charge in [0.1, 0.15) is 0 Å². The van der Waals surface area contributed by atoms with Crippen molar-refractivity contribution in [3.05, 3.63) is 0 Å². The number of carbonyl (C=O) groups excluding carboxylic acids is 1. The molecule has 4 nitrogen and oxygen atoms in total. The van der Waals surface area contributed by atoms with Gasteiger partial charge in [-0.05, 0) is 19.3 Å². The number of aliphatic hydroxyl groups is 1. The van der Waals surface area contributed by atoms with Crippen LogP contribution in [-0.2, 0) is 4.79 Å². The van der Waals surface area contributed by atoms with Gasteiger partial charge in [-0.2, -0.15) is 0 Å². The molecule has 17 heavy (non-hydrogen) atoms. The molecule has 1 fully saturated rings. The summed E-state index contributed by atoms with van der Waals surface area (Å²) in [4.78, 5) is 13.7. The number of hydrogen-bond donors (Lipinski definition) is 2. The van der Waals surface area contributed by atoms with Gasteiger partial charge < -0.3 is 15.7 Å². The molecule has 0 aromatic heterocycles. The lowest BCUT2D eigenvalue weighted by molar-refractivity contribution is -0.135. The van der Waals surface area contributed by atoms with Crippen molar-refractivity contribution >= 4 is 5.91 Å². The van der Waals surface area contributed by atoms with E-state index in [0.717, 1.165) is 38.5 Å². The minimum absolute atomic E-state index is 0.00919. The largest absolute Gasteiger partial charge is 0.391 e. The van der Waals surface area contributed by atoms with Crippen LogP contribution in [-0.4, -0.2) is 41.1 Å². The smallest absolute Gasteiger partial charge is 0.224 e. The maximum Gasteiger partial charge on any atom is 0.224 e. The van der Waals surface area contributed by atoms with Crippen LogP contribution in [0.5, 0.6) is 0 Å². The molecular formula is C13H26N2O2. The van der Waals surface area contributed by atoms with E-state index in [1.54, 1.807) is 11.9 Å². The first-order valence-corrected chi connectivity index (χ1v) is 6.75. The predicted octanol–water partition coefficient (Wildman–Crippen LogP) is 1.27. The van der Waals surface area contributed by atoms with Crippen LogP contribution in [0.25, 0.3) is 0 Å². The van der Waals surface area contributed by atoms with E-state index >= 15 is 0 Å². The van der Waals surface area contributed by atoms with Crippen molar-refractivity contribution in [2.45, 2.75) is 70.1 Å². The number of amides is 1. The van der Waals surface area contributed by atoms with E-state index in [1.807, 2.05) is 0 Å². The van der Waals surface area contributed by atoms with Crippen LogP contribution < -0.4 is 5.73 Å². The second-order valence-electron chi connectivity index (χ2n) is 5.18. The minimum atomic E-state index is -0.361. The van der Waals surface area contributed by atoms with Gasteiger partial charge in [0.2, 0.25) is 5.91 Å². The molecule has 100 valence electrons. The van der Waals surface area contributed by atoms with E-state index < -0.39 is 0 Å². The topological polar surface area (TPSA) is 66.6 Å². The van der Waals surface area contributed by atoms with Gasteiger partial charge in [0.25, 0.3) is 0 Å². The van der Waals surface area contributed by atoms with Gasteiger partial charge in [0, 0.05) is 19.5 Å². The summed E-state index contributed by atoms with van der Waals surface area (Å²) in [5, 5.41) is 9.90. The molecule has 0 aromatic rings. The molecule has 0 aromatic carbocycles. The summed E-state index contributed by atoms with van der Waals surface area (Å²) in [5.74, 6) is 0.0666. The van der Waals surface area contributed by atoms with Crippen molar-refractivity contribution in [2.75, 3.05) is 7.05 Å². The lowest BCUT2D eigenvalue weighted by Gasteiger charge is -2.35. The average molecular weight is 242 g/mol. The summed E-state index contributed by atoms with van der Waals surface area (Å²) in [6.07, 6.45) is 5.80. The summed E-state index contributed by atoms with van der Waals surface area (Å²) < 4.78 is 0. The second kappa shape index (κ2) is 6.97. The highest BCUT2D eigenvalue weighted by molar-refractivity contribution is 5.76. The van der Waals surface area contributed by atoms with Crippen molar-refractivity contribution < 1.29 is 9.90 Å². The van der Waals surface area contributed by atoms with Gasteiger partial charge in [-0.25, -0.2) is 0 Å². The van der Waals surface area contributed by atoms with Crippen LogP contribution in [0.4, 0.5) is 0 Å². The maximum atomic E-state index is 12.0. The zero-order chi connectivity index (χ0) is 12.8. The molecule has 3 N–H and O–H groups in total. The zero-order valence-electron chi connectivity index (χ0n) is 11.1. The normalized spacial score (nSPS) is 26.6. The number of likely N-dealkylation sites (N-methyl/N-ethyl adjacent to an activating group) is 1. The Morgan fingerprint density at radius 2 is 2.12 bits per heavy atom. The molecule has 0 spiro atoms. The predicted molar refractivity (Wildman–Crippen MR) is 68.5 cm³/mol. The first kappa shape index (κ1) is 14.5. The average Bonchev–Trinajstić information content (AvgIpc) is 2.29. The van der Waals surface area contributed by atoms with E-state index in [-0.39, 0.29) is 24.1 Å². The summed E-state index contributed by atoms with van der Waals surface area (Å²) >= 11 is 0. The van der Waals surface area contributed by atoms with Gasteiger partial charge in [-0.1, -0.05) is 26.2 Å². The fourth-order valence-corrected chi connectivity index (χ4v) is 2.57. The van der Waals surface area contributed by atoms with Crippen LogP contribution in [0, 0.1) is 0 Å². The number of carbonyl (C=O) groups is 1. The first-order chi connectivity index (χ1) is 8.06. The third kappa shape index (κ3) is 4.28. The molecular weight excluding hydrogens is 216 g/mol. The van der Waals surface area contributed by atoms with Crippen LogP contribution in [0.1, 0.15) is 51.9 Å². The molecule has 3 unspecified atom stereocenters. The molecule has 0 radical (unpaired) electrons. The molecule has 1 aliphatic rings. The van der Waals surface area contributed by atoms with Gasteiger partial charge in [0.05, 0.1) is 12.1 Å². The zero-order valence-corrected chi connectivity index (χ0v) is 11.1. The van der Waals surface area contributed by atoms with Crippen molar-refractivity contribution in [1.82, 2.24) is 4.90 Å². The number of aliphatic hydroxyl groups excluding tert-OH is 1. The van der Waals surface area contributed by atoms with E-state index in [1.165, 1.54) is 0 Å². The van der Waals surface area contributed by atoms with Crippen LogP contribution in [0.2, 0.25) is 0 Å². The van der Waals surface area contributed by atoms with Crippen molar-refractivity contribution in [1.29, 1.82) is 0 Å². The van der Waals surface area contributed by atoms with Crippen LogP contribution >= 0.6 is 0 Å². The highest BCUT2D eigenvalue weighted by atomic mass is 16.3. The van der Waals surface area contributed by atoms with Crippen molar-refractivity contribution in [2.24, 2.45) is 5.73 Å². The molecule has 0 heterocycles. The summed E-state index contributed by atoms with van der Waals surface area (Å²) in [7, 11) is 1.79. The third-order valence-corrected chi connectivity index (χ3v) is 3.68. The molecule has 1 aliphatic carbocycles. The summed E-state index contributed by atoms with van der Waals surface area (Å²) in [6, 6.07) is -0.0549. The fourth-order valence-electron chi connectivity index (χ4n) is 2.57. The standard InChI is InChI=1S/C13H26N2O2/c1-3-6-10(14)9-13(17)15(2)11-7-4-5-8-12(11)16/h10-12,16H,3-9,14H2,1-2H3. The first-order valence-electron chi connectivity index (χ1n) is 6.75. The van der Waals surface area contributed by atoms with E-state index in [2.05, 4.69) is 6.92 Å². The molecule has 0 aliphatic heterocycles. The van der Waals surface area contributed by atoms with E-state index in [4.69, 9.17) is 5.73 Å². The Hall–Kier alpha value is -0.610. The Kier molecular flexibility index (Phi) is 5.92. The van der Waals surface area contributed by atoms with E-state index in [9.17, 15) is 9.90 Å². The molecule has 3 atom stereocenters. The molecule has 1 rings (SSSR count). The number of nitrogens with zero attached hydrogens (tertiary/aromatic N) is 1. The van der Waals surface area contributed by atoms with E-state index in [0.29, 0.717) is 6.42 Å². The fraction of sp³-hybridized carbons (Fsp3) is 0.923. The van der Waals surface area contributed by atoms with Crippen LogP contribution in [0.15, 0.2) is 0 Å². The van der Waals surface area contributed by atoms with Gasteiger partial charge in [0.15, 0.2) is 0 Å². The second-order valence-corrected chi connectivity index (χ2v) is 5.18. The highest BCUT2D eigenvalue weighted by Gasteiger charge is 2.29. The minimum Gasteiger partial charge on any atom is -0.391 e. The Balaban J connectivity index is 2.44. The Labute approximate surface area is 104 Å². The lowest BCUT2D eigenvalue weighted by Crippen LogP contribution is -2.47. The Morgan fingerprint density at radius 3 is 2.71 bits per heavy atom. The molecule has 0 saturated heterocycles. The monoisotopic (exact) mass is 242 g/mol. The lowest BCUT2D eigenvalue weighted by atomic mass is 9.91. The van der Waals surface area contributed by atoms with Crippen molar-refractivity contribution in [3.8, 4) is 0 Å². The highest BCUT2D eigenvalue weighted by Crippen LogP contribution is 2.23. The maximum absolute atomic E-state index is 12.0. The van der Waals surface area contributed by atoms with Crippen molar-refractivity contribution in [3.63, 3.8) is 0 Å². The third-order valence-electron chi connectivity index (χ3n) is 3.68. The summed E-state index contributed by atoms with van der Waals surface area (Å²) in [6.45, 7) is 2.07.